The van der Waals surface area contributed by atoms with Gasteiger partial charge in [-0.2, -0.15) is 0 Å². The molecule has 0 aromatic heterocycles. The molecule has 1 amide bonds. The Bertz CT molecular complexity index is 429. The third-order valence-electron chi connectivity index (χ3n) is 2.07. The highest BCUT2D eigenvalue weighted by molar-refractivity contribution is 6.32. The van der Waals surface area contributed by atoms with Gasteiger partial charge in [-0.3, -0.25) is 4.79 Å². The van der Waals surface area contributed by atoms with Gasteiger partial charge in [-0.05, 0) is 5.56 Å². The van der Waals surface area contributed by atoms with Crippen molar-refractivity contribution in [1.82, 2.24) is 5.32 Å². The second-order valence-corrected chi connectivity index (χ2v) is 3.47. The number of alkyl carbamates (subject to hydrolysis) is 1. The third-order valence-corrected chi connectivity index (χ3v) is 2.07. The molecule has 6 heteroatoms. The van der Waals surface area contributed by atoms with Gasteiger partial charge in [0, 0.05) is 13.0 Å². The summed E-state index contributed by atoms with van der Waals surface area (Å²) in [6, 6.07) is 9.10. The van der Waals surface area contributed by atoms with Gasteiger partial charge in [-0.1, -0.05) is 30.3 Å². The lowest BCUT2D eigenvalue weighted by Gasteiger charge is -2.05. The van der Waals surface area contributed by atoms with Crippen LogP contribution in [0.1, 0.15) is 12.0 Å². The molecule has 0 aliphatic heterocycles. The maximum absolute atomic E-state index is 11.2. The minimum Gasteiger partial charge on any atom is -0.476 e. The summed E-state index contributed by atoms with van der Waals surface area (Å²) in [5, 5.41) is 10.6. The van der Waals surface area contributed by atoms with Gasteiger partial charge in [0.25, 0.3) is 0 Å². The van der Waals surface area contributed by atoms with E-state index in [1.54, 1.807) is 12.1 Å². The number of ether oxygens (including phenoxy) is 1. The molecule has 1 aromatic carbocycles. The quantitative estimate of drug-likeness (QED) is 0.734. The Hall–Kier alpha value is -2.37. The van der Waals surface area contributed by atoms with Crippen LogP contribution in [0.3, 0.4) is 0 Å². The second-order valence-electron chi connectivity index (χ2n) is 3.47. The fourth-order valence-electron chi connectivity index (χ4n) is 1.16. The molecule has 2 N–H and O–H groups in total. The zero-order valence-corrected chi connectivity index (χ0v) is 9.59. The minimum atomic E-state index is -1.51. The van der Waals surface area contributed by atoms with E-state index in [0.29, 0.717) is 0 Å². The summed E-state index contributed by atoms with van der Waals surface area (Å²) in [6.07, 6.45) is -0.937. The van der Waals surface area contributed by atoms with Crippen LogP contribution in [0.15, 0.2) is 30.3 Å². The lowest BCUT2D eigenvalue weighted by atomic mass is 10.2. The van der Waals surface area contributed by atoms with E-state index in [0.717, 1.165) is 5.56 Å². The largest absolute Gasteiger partial charge is 0.476 e. The van der Waals surface area contributed by atoms with Crippen molar-refractivity contribution in [1.29, 1.82) is 0 Å². The molecule has 0 aliphatic rings. The predicted octanol–water partition coefficient (Wildman–Crippen LogP) is 0.957. The summed E-state index contributed by atoms with van der Waals surface area (Å²) < 4.78 is 4.86. The summed E-state index contributed by atoms with van der Waals surface area (Å²) in [6.45, 7) is 0.0678. The average molecular weight is 251 g/mol. The summed E-state index contributed by atoms with van der Waals surface area (Å²) in [5.74, 6) is -2.45. The Labute approximate surface area is 104 Å². The van der Waals surface area contributed by atoms with Crippen molar-refractivity contribution in [3.05, 3.63) is 35.9 Å². The van der Waals surface area contributed by atoms with Crippen LogP contribution in [0.4, 0.5) is 4.79 Å². The standard InChI is InChI=1S/C12H13NO5/c14-10(11(15)16)6-7-13-12(17)18-8-9-4-2-1-3-5-9/h1-5H,6-8H2,(H,13,17)(H,15,16). The van der Waals surface area contributed by atoms with Crippen LogP contribution in [-0.4, -0.2) is 29.5 Å². The number of hydrogen-bond donors (Lipinski definition) is 2. The molecule has 0 spiro atoms. The predicted molar refractivity (Wildman–Crippen MR) is 61.9 cm³/mol. The lowest BCUT2D eigenvalue weighted by molar-refractivity contribution is -0.149. The topological polar surface area (TPSA) is 92.7 Å². The Morgan fingerprint density at radius 3 is 2.44 bits per heavy atom. The fraction of sp³-hybridized carbons (Fsp3) is 0.250. The van der Waals surface area contributed by atoms with E-state index in [-0.39, 0.29) is 19.6 Å². The summed E-state index contributed by atoms with van der Waals surface area (Å²) in [4.78, 5) is 32.1. The smallest absolute Gasteiger partial charge is 0.407 e. The SMILES string of the molecule is O=C(NCCC(=O)C(=O)O)OCc1ccccc1. The normalized spacial score (nSPS) is 9.56. The van der Waals surface area contributed by atoms with Crippen molar-refractivity contribution >= 4 is 17.8 Å². The maximum Gasteiger partial charge on any atom is 0.407 e. The number of rotatable bonds is 6. The molecule has 0 saturated heterocycles. The summed E-state index contributed by atoms with van der Waals surface area (Å²) >= 11 is 0. The highest BCUT2D eigenvalue weighted by atomic mass is 16.5. The van der Waals surface area contributed by atoms with Crippen LogP contribution in [0, 0.1) is 0 Å². The number of carboxylic acids is 1. The second kappa shape index (κ2) is 7.05. The van der Waals surface area contributed by atoms with Crippen LogP contribution in [0.5, 0.6) is 0 Å². The molecule has 96 valence electrons. The van der Waals surface area contributed by atoms with Gasteiger partial charge in [0.05, 0.1) is 0 Å². The number of amides is 1. The molecular formula is C12H13NO5. The van der Waals surface area contributed by atoms with Gasteiger partial charge in [-0.25, -0.2) is 9.59 Å². The van der Waals surface area contributed by atoms with Crippen molar-refractivity contribution in [2.75, 3.05) is 6.54 Å². The highest BCUT2D eigenvalue weighted by Crippen LogP contribution is 2.00. The zero-order valence-electron chi connectivity index (χ0n) is 9.59. The van der Waals surface area contributed by atoms with E-state index in [2.05, 4.69) is 5.32 Å². The van der Waals surface area contributed by atoms with Crippen molar-refractivity contribution in [3.8, 4) is 0 Å². The Morgan fingerprint density at radius 2 is 1.83 bits per heavy atom. The first-order valence-corrected chi connectivity index (χ1v) is 5.30. The maximum atomic E-state index is 11.2. The van der Waals surface area contributed by atoms with Crippen molar-refractivity contribution in [3.63, 3.8) is 0 Å². The molecule has 1 aromatic rings. The van der Waals surface area contributed by atoms with Crippen LogP contribution in [-0.2, 0) is 20.9 Å². The summed E-state index contributed by atoms with van der Waals surface area (Å²) in [5.41, 5.74) is 0.842. The molecule has 6 nitrogen and oxygen atoms in total. The van der Waals surface area contributed by atoms with E-state index < -0.39 is 17.8 Å². The Morgan fingerprint density at radius 1 is 1.17 bits per heavy atom. The van der Waals surface area contributed by atoms with Crippen LogP contribution in [0.2, 0.25) is 0 Å². The molecule has 0 aliphatic carbocycles. The number of nitrogens with one attached hydrogen (secondary N) is 1. The van der Waals surface area contributed by atoms with Gasteiger partial charge < -0.3 is 15.2 Å². The van der Waals surface area contributed by atoms with Crippen LogP contribution >= 0.6 is 0 Å². The first kappa shape index (κ1) is 13.7. The van der Waals surface area contributed by atoms with E-state index in [4.69, 9.17) is 9.84 Å². The lowest BCUT2D eigenvalue weighted by Crippen LogP contribution is -2.28. The first-order valence-electron chi connectivity index (χ1n) is 5.30. The van der Waals surface area contributed by atoms with Crippen LogP contribution in [0.25, 0.3) is 0 Å². The van der Waals surface area contributed by atoms with Gasteiger partial charge in [-0.15, -0.1) is 0 Å². The van der Waals surface area contributed by atoms with E-state index in [1.807, 2.05) is 18.2 Å². The molecule has 0 fully saturated rings. The molecule has 18 heavy (non-hydrogen) atoms. The fourth-order valence-corrected chi connectivity index (χ4v) is 1.16. The Kier molecular flexibility index (Phi) is 5.37. The highest BCUT2D eigenvalue weighted by Gasteiger charge is 2.11. The van der Waals surface area contributed by atoms with Crippen LogP contribution < -0.4 is 5.32 Å². The van der Waals surface area contributed by atoms with E-state index in [1.165, 1.54) is 0 Å². The number of carboxylic acid groups (broad SMARTS) is 1. The number of carbonyl (C=O) groups is 3. The van der Waals surface area contributed by atoms with E-state index in [9.17, 15) is 14.4 Å². The molecule has 0 saturated carbocycles. The zero-order chi connectivity index (χ0) is 13.4. The van der Waals surface area contributed by atoms with E-state index >= 15 is 0 Å². The number of aliphatic carboxylic acids is 1. The summed E-state index contributed by atoms with van der Waals surface area (Å²) in [7, 11) is 0. The van der Waals surface area contributed by atoms with Crippen molar-refractivity contribution in [2.24, 2.45) is 0 Å². The number of ketones is 1. The molecule has 0 atom stereocenters. The molecule has 0 heterocycles. The van der Waals surface area contributed by atoms with Crippen molar-refractivity contribution in [2.45, 2.75) is 13.0 Å². The Balaban J connectivity index is 2.19. The average Bonchev–Trinajstić information content (AvgIpc) is 2.37. The molecule has 0 unspecified atom stereocenters. The van der Waals surface area contributed by atoms with Gasteiger partial charge in [0.1, 0.15) is 6.61 Å². The molecular weight excluding hydrogens is 238 g/mol. The molecule has 0 bridgehead atoms. The number of benzene rings is 1. The number of hydrogen-bond acceptors (Lipinski definition) is 4. The number of carbonyl (C=O) groups excluding carboxylic acids is 2. The monoisotopic (exact) mass is 251 g/mol. The van der Waals surface area contributed by atoms with Gasteiger partial charge in [0.2, 0.25) is 5.78 Å². The first-order chi connectivity index (χ1) is 8.59. The third kappa shape index (κ3) is 5.11. The van der Waals surface area contributed by atoms with Gasteiger partial charge >= 0.3 is 12.1 Å². The minimum absolute atomic E-state index is 0.0568. The van der Waals surface area contributed by atoms with Crippen molar-refractivity contribution < 1.29 is 24.2 Å². The number of Topliss-reactive ketones (excluding diaryl/α,β-unsaturated/α-hetero) is 1. The molecule has 1 rings (SSSR count). The molecule has 0 radical (unpaired) electrons. The van der Waals surface area contributed by atoms with Gasteiger partial charge in [0.15, 0.2) is 0 Å².